The molecule has 4 rings (SSSR count). The normalized spacial score (nSPS) is 25.2. The molecule has 14 heteroatoms. The van der Waals surface area contributed by atoms with Crippen LogP contribution in [0, 0.1) is 0 Å². The highest BCUT2D eigenvalue weighted by Gasteiger charge is 2.44. The topological polar surface area (TPSA) is 67.8 Å². The molecule has 1 aromatic heterocycles. The second-order valence-electron chi connectivity index (χ2n) is 5.94. The van der Waals surface area contributed by atoms with Gasteiger partial charge in [-0.1, -0.05) is 59.8 Å². The predicted octanol–water partition coefficient (Wildman–Crippen LogP) is 6.95. The van der Waals surface area contributed by atoms with Crippen molar-refractivity contribution in [2.45, 2.75) is 12.5 Å². The molecule has 148 valence electrons. The van der Waals surface area contributed by atoms with Crippen LogP contribution in [0.25, 0.3) is 0 Å². The largest absolute Gasteiger partial charge is 0.423 e. The van der Waals surface area contributed by atoms with Crippen molar-refractivity contribution < 1.29 is 21.0 Å². The van der Waals surface area contributed by atoms with Crippen LogP contribution in [-0.4, -0.2) is 15.0 Å². The van der Waals surface area contributed by atoms with Gasteiger partial charge < -0.3 is 0 Å². The number of halogens is 5. The van der Waals surface area contributed by atoms with E-state index in [-0.39, 0.29) is 12.2 Å². The lowest BCUT2D eigenvalue weighted by Gasteiger charge is -2.18. The Balaban J connectivity index is 1.90. The molecule has 0 amide bonds. The van der Waals surface area contributed by atoms with Crippen molar-refractivity contribution in [1.29, 1.82) is 0 Å². The Morgan fingerprint density at radius 3 is 2.14 bits per heavy atom. The summed E-state index contributed by atoms with van der Waals surface area (Å²) in [6, 6.07) is 8.96. The molecular formula is C14H12F5N6P3. The van der Waals surface area contributed by atoms with Crippen molar-refractivity contribution in [2.75, 3.05) is 0 Å². The standard InChI is InChI=1S/C14H12F5N6P3/c15-26(22-27(16,17)24-28(18,19)23-26)14-13(12-8-4-5-9-12)25(21-20-14)10-11-6-2-1-3-7-11/h1-9,12H,10H2. The highest BCUT2D eigenvalue weighted by atomic mass is 31.3. The van der Waals surface area contributed by atoms with Crippen molar-refractivity contribution >= 4 is 28.6 Å². The van der Waals surface area contributed by atoms with Crippen LogP contribution >= 0.6 is 23.2 Å². The van der Waals surface area contributed by atoms with E-state index in [1.54, 1.807) is 48.6 Å². The van der Waals surface area contributed by atoms with Gasteiger partial charge in [-0.15, -0.1) is 35.4 Å². The average Bonchev–Trinajstić information content (AvgIpc) is 3.21. The first-order valence-electron chi connectivity index (χ1n) is 7.90. The quantitative estimate of drug-likeness (QED) is 0.372. The van der Waals surface area contributed by atoms with Crippen LogP contribution in [0.4, 0.5) is 21.0 Å². The molecule has 6 nitrogen and oxygen atoms in total. The minimum Gasteiger partial charge on any atom is -0.243 e. The maximum atomic E-state index is 15.4. The van der Waals surface area contributed by atoms with E-state index in [9.17, 15) is 16.8 Å². The molecule has 0 saturated heterocycles. The molecule has 1 aliphatic carbocycles. The molecule has 0 saturated carbocycles. The average molecular weight is 452 g/mol. The summed E-state index contributed by atoms with van der Waals surface area (Å²) in [6.07, 6.45) is 6.66. The summed E-state index contributed by atoms with van der Waals surface area (Å²) in [6.45, 7) is 0.156. The van der Waals surface area contributed by atoms with Gasteiger partial charge in [0.2, 0.25) is 0 Å². The summed E-state index contributed by atoms with van der Waals surface area (Å²) >= 11 is 0. The fourth-order valence-corrected chi connectivity index (χ4v) is 8.98. The number of benzene rings is 1. The molecule has 0 spiro atoms. The fourth-order valence-electron chi connectivity index (χ4n) is 2.88. The van der Waals surface area contributed by atoms with Gasteiger partial charge in [-0.2, -0.15) is 4.20 Å². The van der Waals surface area contributed by atoms with Gasteiger partial charge >= 0.3 is 23.2 Å². The first kappa shape index (κ1) is 19.5. The van der Waals surface area contributed by atoms with Gasteiger partial charge in [-0.3, -0.25) is 0 Å². The van der Waals surface area contributed by atoms with Gasteiger partial charge in [0, 0.05) is 5.92 Å². The fraction of sp³-hybridized carbons (Fsp3) is 0.143. The lowest BCUT2D eigenvalue weighted by atomic mass is 10.1. The van der Waals surface area contributed by atoms with E-state index in [1.165, 1.54) is 4.68 Å². The predicted molar refractivity (Wildman–Crippen MR) is 99.8 cm³/mol. The number of rotatable bonds is 4. The monoisotopic (exact) mass is 452 g/mol. The lowest BCUT2D eigenvalue weighted by molar-refractivity contribution is 0.618. The van der Waals surface area contributed by atoms with Crippen LogP contribution in [0.15, 0.2) is 68.2 Å². The second kappa shape index (κ2) is 6.90. The Labute approximate surface area is 157 Å². The number of hydrogen-bond donors (Lipinski definition) is 0. The minimum atomic E-state index is -5.84. The van der Waals surface area contributed by atoms with Gasteiger partial charge in [0.15, 0.2) is 5.44 Å². The van der Waals surface area contributed by atoms with Crippen LogP contribution in [0.1, 0.15) is 17.2 Å². The summed E-state index contributed by atoms with van der Waals surface area (Å²) in [5.41, 5.74) is 0.221. The third-order valence-electron chi connectivity index (χ3n) is 3.93. The maximum absolute atomic E-state index is 15.4. The van der Waals surface area contributed by atoms with E-state index in [4.69, 9.17) is 0 Å². The highest BCUT2D eigenvalue weighted by molar-refractivity contribution is 7.82. The molecule has 1 atom stereocenters. The Morgan fingerprint density at radius 1 is 0.857 bits per heavy atom. The molecule has 0 fully saturated rings. The molecule has 0 bridgehead atoms. The summed E-state index contributed by atoms with van der Waals surface area (Å²) < 4.78 is 79.1. The zero-order valence-electron chi connectivity index (χ0n) is 13.9. The minimum absolute atomic E-state index is 0.0825. The van der Waals surface area contributed by atoms with E-state index in [0.717, 1.165) is 5.56 Å². The number of aromatic nitrogens is 3. The zero-order chi connectivity index (χ0) is 20.0. The van der Waals surface area contributed by atoms with E-state index in [0.29, 0.717) is 0 Å². The SMILES string of the molecule is FP1(F)=NP(F)(F)=NP(F)(c2nnn(Cc3ccccc3)c2C2C=CC=C2)=N1. The van der Waals surface area contributed by atoms with Crippen LogP contribution in [0.3, 0.4) is 0 Å². The van der Waals surface area contributed by atoms with Gasteiger partial charge in [-0.05, 0) is 5.56 Å². The molecule has 1 aromatic carbocycles. The summed E-state index contributed by atoms with van der Waals surface area (Å²) in [5, 5.41) is 7.49. The van der Waals surface area contributed by atoms with Gasteiger partial charge in [0.25, 0.3) is 0 Å². The molecule has 2 aromatic rings. The van der Waals surface area contributed by atoms with Crippen LogP contribution < -0.4 is 5.44 Å². The van der Waals surface area contributed by atoms with Crippen molar-refractivity contribution in [3.05, 3.63) is 65.9 Å². The molecule has 1 aliphatic heterocycles. The van der Waals surface area contributed by atoms with Crippen molar-refractivity contribution in [2.24, 2.45) is 13.5 Å². The van der Waals surface area contributed by atoms with Gasteiger partial charge in [0.05, 0.1) is 12.2 Å². The zero-order valence-corrected chi connectivity index (χ0v) is 16.6. The molecule has 1 unspecified atom stereocenters. The number of nitrogens with zero attached hydrogens (tertiary/aromatic N) is 6. The smallest absolute Gasteiger partial charge is 0.243 e. The Bertz CT molecular complexity index is 1120. The van der Waals surface area contributed by atoms with E-state index in [2.05, 4.69) is 23.9 Å². The summed E-state index contributed by atoms with van der Waals surface area (Å²) in [4.78, 5) is 0. The number of hydrogen-bond acceptors (Lipinski definition) is 5. The number of allylic oxidation sites excluding steroid dienone is 4. The summed E-state index contributed by atoms with van der Waals surface area (Å²) in [5.74, 6) is -0.565. The Kier molecular flexibility index (Phi) is 4.81. The van der Waals surface area contributed by atoms with Crippen LogP contribution in [0.2, 0.25) is 0 Å². The maximum Gasteiger partial charge on any atom is 0.423 e. The van der Waals surface area contributed by atoms with Crippen molar-refractivity contribution in [3.63, 3.8) is 0 Å². The molecule has 0 N–H and O–H groups in total. The Morgan fingerprint density at radius 2 is 1.50 bits per heavy atom. The second-order valence-corrected chi connectivity index (χ2v) is 11.4. The van der Waals surface area contributed by atoms with Crippen molar-refractivity contribution in [3.8, 4) is 0 Å². The van der Waals surface area contributed by atoms with Crippen LogP contribution in [0.5, 0.6) is 0 Å². The molecule has 2 aliphatic rings. The molecular weight excluding hydrogens is 440 g/mol. The van der Waals surface area contributed by atoms with Gasteiger partial charge in [0.1, 0.15) is 0 Å². The molecule has 0 radical (unpaired) electrons. The Hall–Kier alpha value is -1.82. The first-order valence-corrected chi connectivity index (χ1v) is 12.4. The van der Waals surface area contributed by atoms with E-state index >= 15 is 4.20 Å². The third kappa shape index (κ3) is 3.84. The van der Waals surface area contributed by atoms with Crippen LogP contribution in [-0.2, 0) is 6.54 Å². The van der Waals surface area contributed by atoms with E-state index < -0.39 is 34.5 Å². The third-order valence-corrected chi connectivity index (χ3v) is 10.1. The first-order chi connectivity index (χ1) is 13.2. The molecule has 2 heterocycles. The highest BCUT2D eigenvalue weighted by Crippen LogP contribution is 2.81. The summed E-state index contributed by atoms with van der Waals surface area (Å²) in [7, 11) is -16.8. The van der Waals surface area contributed by atoms with E-state index in [1.807, 2.05) is 6.07 Å². The molecule has 28 heavy (non-hydrogen) atoms. The van der Waals surface area contributed by atoms with Gasteiger partial charge in [-0.25, -0.2) is 4.68 Å². The van der Waals surface area contributed by atoms with Crippen molar-refractivity contribution in [1.82, 2.24) is 15.0 Å². The lowest BCUT2D eigenvalue weighted by Crippen LogP contribution is -2.16.